The predicted molar refractivity (Wildman–Crippen MR) is 34.0 cm³/mol. The lowest BCUT2D eigenvalue weighted by Gasteiger charge is -2.04. The monoisotopic (exact) mass is 145 g/mol. The molecule has 0 aliphatic heterocycles. The van der Waals surface area contributed by atoms with Crippen molar-refractivity contribution in [2.45, 2.75) is 19.1 Å². The van der Waals surface area contributed by atoms with Crippen LogP contribution in [0, 0.1) is 11.8 Å². The van der Waals surface area contributed by atoms with Gasteiger partial charge in [-0.1, -0.05) is 5.92 Å². The average Bonchev–Trinajstić information content (AvgIpc) is 1.87. The molecule has 0 radical (unpaired) electrons. The fraction of sp³-hybridized carbons (Fsp3) is 0.500. The summed E-state index contributed by atoms with van der Waals surface area (Å²) in [6, 6.07) is -1.53. The van der Waals surface area contributed by atoms with Crippen LogP contribution in [0.1, 0.15) is 6.92 Å². The first-order valence-electron chi connectivity index (χ1n) is 2.64. The van der Waals surface area contributed by atoms with E-state index in [0.717, 1.165) is 0 Å². The number of rotatable bonds is 2. The molecule has 0 fully saturated rings. The highest BCUT2D eigenvalue weighted by atomic mass is 19.1. The Morgan fingerprint density at radius 3 is 2.60 bits per heavy atom. The van der Waals surface area contributed by atoms with Crippen LogP contribution in [0.15, 0.2) is 0 Å². The van der Waals surface area contributed by atoms with Crippen molar-refractivity contribution >= 4 is 5.97 Å². The van der Waals surface area contributed by atoms with Gasteiger partial charge in [-0.25, -0.2) is 4.39 Å². The second-order valence-electron chi connectivity index (χ2n) is 1.66. The van der Waals surface area contributed by atoms with Crippen molar-refractivity contribution in [3.8, 4) is 11.8 Å². The zero-order valence-corrected chi connectivity index (χ0v) is 5.47. The lowest BCUT2D eigenvalue weighted by molar-refractivity contribution is -0.139. The molecule has 10 heavy (non-hydrogen) atoms. The summed E-state index contributed by atoms with van der Waals surface area (Å²) in [5, 5.41) is 8.15. The van der Waals surface area contributed by atoms with Crippen molar-refractivity contribution in [3.63, 3.8) is 0 Å². The number of alkyl halides is 1. The first-order valence-corrected chi connectivity index (χ1v) is 2.64. The standard InChI is InChI=1S/C6H8FNO2/c1-2-3-4(7)5(8)6(9)10/h4-5H,8H2,1H3,(H,9,10)/t4-,5+/m1/s1. The van der Waals surface area contributed by atoms with E-state index in [-0.39, 0.29) is 0 Å². The minimum atomic E-state index is -1.78. The highest BCUT2D eigenvalue weighted by Gasteiger charge is 2.21. The van der Waals surface area contributed by atoms with Gasteiger partial charge in [0.25, 0.3) is 0 Å². The van der Waals surface area contributed by atoms with Crippen LogP contribution in [0.3, 0.4) is 0 Å². The molecule has 0 bridgehead atoms. The Morgan fingerprint density at radius 1 is 1.80 bits per heavy atom. The molecule has 0 saturated heterocycles. The Kier molecular flexibility index (Phi) is 3.44. The number of hydrogen-bond acceptors (Lipinski definition) is 2. The number of aliphatic carboxylic acids is 1. The van der Waals surface area contributed by atoms with Gasteiger partial charge in [-0.2, -0.15) is 0 Å². The Hall–Kier alpha value is -1.08. The number of carbonyl (C=O) groups is 1. The summed E-state index contributed by atoms with van der Waals surface area (Å²) >= 11 is 0. The number of carboxylic acid groups (broad SMARTS) is 1. The molecule has 4 heteroatoms. The maximum atomic E-state index is 12.4. The molecule has 0 aromatic heterocycles. The molecule has 3 nitrogen and oxygen atoms in total. The average molecular weight is 145 g/mol. The van der Waals surface area contributed by atoms with Gasteiger partial charge in [0, 0.05) is 0 Å². The third-order valence-electron chi connectivity index (χ3n) is 0.883. The Labute approximate surface area is 58.0 Å². The third-order valence-corrected chi connectivity index (χ3v) is 0.883. The summed E-state index contributed by atoms with van der Waals surface area (Å²) in [7, 11) is 0. The molecule has 56 valence electrons. The SMILES string of the molecule is CC#C[C@@H](F)[C@H](N)C(=O)O. The van der Waals surface area contributed by atoms with Crippen molar-refractivity contribution in [1.82, 2.24) is 0 Å². The van der Waals surface area contributed by atoms with E-state index in [2.05, 4.69) is 5.92 Å². The Bertz CT molecular complexity index is 182. The molecule has 0 heterocycles. The summed E-state index contributed by atoms with van der Waals surface area (Å²) in [6.45, 7) is 1.42. The number of hydrogen-bond donors (Lipinski definition) is 2. The number of halogens is 1. The summed E-state index contributed by atoms with van der Waals surface area (Å²) in [4.78, 5) is 9.98. The largest absolute Gasteiger partial charge is 0.480 e. The highest BCUT2D eigenvalue weighted by molar-refractivity contribution is 5.74. The molecule has 0 unspecified atom stereocenters. The van der Waals surface area contributed by atoms with Gasteiger partial charge in [0.15, 0.2) is 6.17 Å². The molecule has 0 aromatic rings. The fourth-order valence-electron chi connectivity index (χ4n) is 0.353. The summed E-state index contributed by atoms with van der Waals surface area (Å²) < 4.78 is 12.4. The van der Waals surface area contributed by atoms with Gasteiger partial charge in [-0.3, -0.25) is 4.79 Å². The van der Waals surface area contributed by atoms with Crippen LogP contribution in [0.5, 0.6) is 0 Å². The molecular weight excluding hydrogens is 137 g/mol. The maximum absolute atomic E-state index is 12.4. The first-order chi connectivity index (χ1) is 4.59. The van der Waals surface area contributed by atoms with Crippen molar-refractivity contribution in [2.75, 3.05) is 0 Å². The molecule has 0 amide bonds. The smallest absolute Gasteiger partial charge is 0.324 e. The van der Waals surface area contributed by atoms with Gasteiger partial charge >= 0.3 is 5.97 Å². The van der Waals surface area contributed by atoms with E-state index in [0.29, 0.717) is 0 Å². The van der Waals surface area contributed by atoms with E-state index >= 15 is 0 Å². The van der Waals surface area contributed by atoms with E-state index in [1.54, 1.807) is 0 Å². The number of carboxylic acids is 1. The summed E-state index contributed by atoms with van der Waals surface area (Å²) in [5.74, 6) is 2.86. The zero-order valence-electron chi connectivity index (χ0n) is 5.47. The van der Waals surface area contributed by atoms with Crippen LogP contribution in [-0.4, -0.2) is 23.3 Å². The lowest BCUT2D eigenvalue weighted by Crippen LogP contribution is -2.38. The normalized spacial score (nSPS) is 14.7. The molecule has 0 aliphatic carbocycles. The fourth-order valence-corrected chi connectivity index (χ4v) is 0.353. The van der Waals surface area contributed by atoms with E-state index < -0.39 is 18.2 Å². The minimum absolute atomic E-state index is 1.38. The molecule has 0 rings (SSSR count). The molecule has 0 aliphatic rings. The molecular formula is C6H8FNO2. The molecule has 3 N–H and O–H groups in total. The molecule has 0 aromatic carbocycles. The molecule has 2 atom stereocenters. The third kappa shape index (κ3) is 2.46. The first kappa shape index (κ1) is 8.92. The van der Waals surface area contributed by atoms with Gasteiger partial charge in [0.05, 0.1) is 0 Å². The molecule has 0 saturated carbocycles. The van der Waals surface area contributed by atoms with Crippen LogP contribution in [0.2, 0.25) is 0 Å². The Morgan fingerprint density at radius 2 is 2.30 bits per heavy atom. The van der Waals surface area contributed by atoms with Crippen molar-refractivity contribution in [1.29, 1.82) is 0 Å². The zero-order chi connectivity index (χ0) is 8.15. The van der Waals surface area contributed by atoms with E-state index in [1.807, 2.05) is 5.92 Å². The van der Waals surface area contributed by atoms with Crippen LogP contribution in [0.25, 0.3) is 0 Å². The van der Waals surface area contributed by atoms with E-state index in [1.165, 1.54) is 6.92 Å². The topological polar surface area (TPSA) is 63.3 Å². The van der Waals surface area contributed by atoms with Crippen LogP contribution >= 0.6 is 0 Å². The van der Waals surface area contributed by atoms with Gasteiger partial charge in [0.1, 0.15) is 6.04 Å². The number of nitrogens with two attached hydrogens (primary N) is 1. The molecule has 0 spiro atoms. The van der Waals surface area contributed by atoms with Crippen LogP contribution in [0.4, 0.5) is 4.39 Å². The summed E-state index contributed by atoms with van der Waals surface area (Å²) in [5.41, 5.74) is 4.87. The predicted octanol–water partition coefficient (Wildman–Crippen LogP) is -0.240. The van der Waals surface area contributed by atoms with E-state index in [4.69, 9.17) is 10.8 Å². The second-order valence-corrected chi connectivity index (χ2v) is 1.66. The van der Waals surface area contributed by atoms with Crippen molar-refractivity contribution in [2.24, 2.45) is 5.73 Å². The van der Waals surface area contributed by atoms with Crippen molar-refractivity contribution < 1.29 is 14.3 Å². The highest BCUT2D eigenvalue weighted by Crippen LogP contribution is 1.93. The van der Waals surface area contributed by atoms with Crippen molar-refractivity contribution in [3.05, 3.63) is 0 Å². The van der Waals surface area contributed by atoms with Gasteiger partial charge in [-0.05, 0) is 6.92 Å². The maximum Gasteiger partial charge on any atom is 0.324 e. The van der Waals surface area contributed by atoms with Crippen LogP contribution in [-0.2, 0) is 4.79 Å². The lowest BCUT2D eigenvalue weighted by atomic mass is 10.2. The van der Waals surface area contributed by atoms with Gasteiger partial charge < -0.3 is 10.8 Å². The minimum Gasteiger partial charge on any atom is -0.480 e. The summed E-state index contributed by atoms with van der Waals surface area (Å²) in [6.07, 6.45) is -1.78. The van der Waals surface area contributed by atoms with E-state index in [9.17, 15) is 9.18 Å². The van der Waals surface area contributed by atoms with Gasteiger partial charge in [0.2, 0.25) is 0 Å². The Balaban J connectivity index is 4.02. The van der Waals surface area contributed by atoms with Crippen LogP contribution < -0.4 is 5.73 Å². The second kappa shape index (κ2) is 3.85. The van der Waals surface area contributed by atoms with Gasteiger partial charge in [-0.15, -0.1) is 5.92 Å². The quantitative estimate of drug-likeness (QED) is 0.527.